The molecule has 2 N–H and O–H groups in total. The largest absolute Gasteiger partial charge is 0.321 e. The Balaban J connectivity index is 2.21. The molecule has 0 spiro atoms. The molecule has 1 saturated carbocycles. The van der Waals surface area contributed by atoms with Crippen molar-refractivity contribution >= 4 is 0 Å². The Labute approximate surface area is 118 Å². The first-order valence-corrected chi connectivity index (χ1v) is 7.71. The van der Waals surface area contributed by atoms with Crippen LogP contribution in [0.25, 0.3) is 0 Å². The molecule has 1 aliphatic rings. The molecule has 0 heterocycles. The second-order valence-electron chi connectivity index (χ2n) is 7.52. The zero-order valence-electron chi connectivity index (χ0n) is 13.0. The Kier molecular flexibility index (Phi) is 4.06. The zero-order valence-corrected chi connectivity index (χ0v) is 13.0. The number of benzene rings is 1. The molecule has 0 amide bonds. The molecule has 1 fully saturated rings. The van der Waals surface area contributed by atoms with Gasteiger partial charge in [0.2, 0.25) is 0 Å². The van der Waals surface area contributed by atoms with Crippen LogP contribution < -0.4 is 5.73 Å². The lowest BCUT2D eigenvalue weighted by Crippen LogP contribution is -2.36. The minimum absolute atomic E-state index is 0.0961. The molecule has 106 valence electrons. The first-order valence-electron chi connectivity index (χ1n) is 7.71. The van der Waals surface area contributed by atoms with Gasteiger partial charge in [-0.25, -0.2) is 0 Å². The second-order valence-corrected chi connectivity index (χ2v) is 7.52. The molecule has 0 bridgehead atoms. The quantitative estimate of drug-likeness (QED) is 0.724. The van der Waals surface area contributed by atoms with Gasteiger partial charge in [-0.1, -0.05) is 64.8 Å². The Morgan fingerprint density at radius 3 is 2.26 bits per heavy atom. The van der Waals surface area contributed by atoms with Gasteiger partial charge in [0, 0.05) is 5.54 Å². The van der Waals surface area contributed by atoms with E-state index in [2.05, 4.69) is 52.0 Å². The molecule has 1 aliphatic carbocycles. The summed E-state index contributed by atoms with van der Waals surface area (Å²) in [6, 6.07) is 9.05. The molecule has 1 aromatic rings. The Hall–Kier alpha value is -0.820. The third-order valence-corrected chi connectivity index (χ3v) is 4.73. The highest BCUT2D eigenvalue weighted by molar-refractivity contribution is 5.31. The molecular formula is C18H29N. The minimum Gasteiger partial charge on any atom is -0.321 e. The summed E-state index contributed by atoms with van der Waals surface area (Å²) < 4.78 is 0. The van der Waals surface area contributed by atoms with Gasteiger partial charge in [-0.2, -0.15) is 0 Å². The van der Waals surface area contributed by atoms with Crippen LogP contribution in [0.1, 0.15) is 70.9 Å². The van der Waals surface area contributed by atoms with Crippen LogP contribution >= 0.6 is 0 Å². The van der Waals surface area contributed by atoms with Gasteiger partial charge < -0.3 is 5.73 Å². The maximum absolute atomic E-state index is 6.70. The molecule has 2 rings (SSSR count). The van der Waals surface area contributed by atoms with Gasteiger partial charge in [0.1, 0.15) is 0 Å². The van der Waals surface area contributed by atoms with E-state index in [-0.39, 0.29) is 11.0 Å². The normalized spacial score (nSPS) is 29.0. The molecule has 2 unspecified atom stereocenters. The van der Waals surface area contributed by atoms with Crippen LogP contribution in [0.5, 0.6) is 0 Å². The van der Waals surface area contributed by atoms with Crippen LogP contribution in [-0.4, -0.2) is 0 Å². The van der Waals surface area contributed by atoms with Crippen molar-refractivity contribution in [3.05, 3.63) is 35.4 Å². The van der Waals surface area contributed by atoms with E-state index in [9.17, 15) is 0 Å². The van der Waals surface area contributed by atoms with Gasteiger partial charge in [0.25, 0.3) is 0 Å². The highest BCUT2D eigenvalue weighted by atomic mass is 14.7. The van der Waals surface area contributed by atoms with Crippen molar-refractivity contribution in [1.29, 1.82) is 0 Å². The van der Waals surface area contributed by atoms with Crippen molar-refractivity contribution in [2.24, 2.45) is 11.7 Å². The third-order valence-electron chi connectivity index (χ3n) is 4.73. The average molecular weight is 259 g/mol. The SMILES string of the molecule is CC1CCCC(N)(c2ccc(C(C)(C)C)cc2)CC1. The lowest BCUT2D eigenvalue weighted by atomic mass is 9.81. The first kappa shape index (κ1) is 14.6. The highest BCUT2D eigenvalue weighted by Crippen LogP contribution is 2.36. The highest BCUT2D eigenvalue weighted by Gasteiger charge is 2.30. The van der Waals surface area contributed by atoms with E-state index in [1.165, 1.54) is 30.4 Å². The number of hydrogen-bond donors (Lipinski definition) is 1. The summed E-state index contributed by atoms with van der Waals surface area (Å²) in [5, 5.41) is 0. The Bertz CT molecular complexity index is 412. The third kappa shape index (κ3) is 3.39. The summed E-state index contributed by atoms with van der Waals surface area (Å²) in [6.45, 7) is 9.13. The Morgan fingerprint density at radius 1 is 1.05 bits per heavy atom. The van der Waals surface area contributed by atoms with Crippen LogP contribution in [0.4, 0.5) is 0 Å². The predicted octanol–water partition coefficient (Wildman–Crippen LogP) is 4.74. The van der Waals surface area contributed by atoms with Crippen molar-refractivity contribution < 1.29 is 0 Å². The molecule has 0 aliphatic heterocycles. The van der Waals surface area contributed by atoms with Gasteiger partial charge in [-0.3, -0.25) is 0 Å². The summed E-state index contributed by atoms with van der Waals surface area (Å²) >= 11 is 0. The lowest BCUT2D eigenvalue weighted by Gasteiger charge is -2.30. The van der Waals surface area contributed by atoms with Gasteiger partial charge in [-0.05, 0) is 41.7 Å². The smallest absolute Gasteiger partial charge is 0.0409 e. The Morgan fingerprint density at radius 2 is 1.68 bits per heavy atom. The van der Waals surface area contributed by atoms with Crippen LogP contribution in [0.2, 0.25) is 0 Å². The number of rotatable bonds is 1. The standard InChI is InChI=1S/C18H29N/c1-14-6-5-12-18(19,13-11-14)16-9-7-15(8-10-16)17(2,3)4/h7-10,14H,5-6,11-13,19H2,1-4H3. The summed E-state index contributed by atoms with van der Waals surface area (Å²) in [5.41, 5.74) is 9.55. The maximum Gasteiger partial charge on any atom is 0.0409 e. The van der Waals surface area contributed by atoms with Crippen molar-refractivity contribution in [1.82, 2.24) is 0 Å². The fourth-order valence-corrected chi connectivity index (χ4v) is 3.13. The van der Waals surface area contributed by atoms with Crippen molar-refractivity contribution in [2.75, 3.05) is 0 Å². The average Bonchev–Trinajstić information content (AvgIpc) is 2.52. The van der Waals surface area contributed by atoms with E-state index < -0.39 is 0 Å². The van der Waals surface area contributed by atoms with Gasteiger partial charge >= 0.3 is 0 Å². The summed E-state index contributed by atoms with van der Waals surface area (Å²) in [7, 11) is 0. The molecule has 1 aromatic carbocycles. The van der Waals surface area contributed by atoms with Crippen LogP contribution in [0, 0.1) is 5.92 Å². The van der Waals surface area contributed by atoms with Crippen molar-refractivity contribution in [3.63, 3.8) is 0 Å². The first-order chi connectivity index (χ1) is 8.81. The molecular weight excluding hydrogens is 230 g/mol. The molecule has 0 saturated heterocycles. The van der Waals surface area contributed by atoms with E-state index in [0.29, 0.717) is 0 Å². The van der Waals surface area contributed by atoms with Crippen molar-refractivity contribution in [2.45, 2.75) is 70.8 Å². The van der Waals surface area contributed by atoms with Gasteiger partial charge in [-0.15, -0.1) is 0 Å². The van der Waals surface area contributed by atoms with E-state index in [0.717, 1.165) is 18.8 Å². The fourth-order valence-electron chi connectivity index (χ4n) is 3.13. The monoisotopic (exact) mass is 259 g/mol. The summed E-state index contributed by atoms with van der Waals surface area (Å²) in [6.07, 6.45) is 6.12. The predicted molar refractivity (Wildman–Crippen MR) is 83.3 cm³/mol. The molecule has 19 heavy (non-hydrogen) atoms. The van der Waals surface area contributed by atoms with E-state index in [1.54, 1.807) is 0 Å². The zero-order chi connectivity index (χ0) is 14.1. The molecule has 1 nitrogen and oxygen atoms in total. The van der Waals surface area contributed by atoms with E-state index >= 15 is 0 Å². The second kappa shape index (κ2) is 5.28. The summed E-state index contributed by atoms with van der Waals surface area (Å²) in [5.74, 6) is 0.833. The van der Waals surface area contributed by atoms with E-state index in [1.807, 2.05) is 0 Å². The lowest BCUT2D eigenvalue weighted by molar-refractivity contribution is 0.378. The summed E-state index contributed by atoms with van der Waals surface area (Å²) in [4.78, 5) is 0. The van der Waals surface area contributed by atoms with Gasteiger partial charge in [0.15, 0.2) is 0 Å². The van der Waals surface area contributed by atoms with E-state index in [4.69, 9.17) is 5.73 Å². The van der Waals surface area contributed by atoms with Crippen LogP contribution in [0.15, 0.2) is 24.3 Å². The fraction of sp³-hybridized carbons (Fsp3) is 0.667. The minimum atomic E-state index is -0.0961. The molecule has 0 aromatic heterocycles. The number of nitrogens with two attached hydrogens (primary N) is 1. The molecule has 1 heteroatoms. The van der Waals surface area contributed by atoms with Gasteiger partial charge in [0.05, 0.1) is 0 Å². The van der Waals surface area contributed by atoms with Crippen LogP contribution in [0.3, 0.4) is 0 Å². The van der Waals surface area contributed by atoms with Crippen LogP contribution in [-0.2, 0) is 11.0 Å². The maximum atomic E-state index is 6.70. The molecule has 0 radical (unpaired) electrons. The topological polar surface area (TPSA) is 26.0 Å². The van der Waals surface area contributed by atoms with Crippen molar-refractivity contribution in [3.8, 4) is 0 Å². The number of hydrogen-bond acceptors (Lipinski definition) is 1. The molecule has 2 atom stereocenters.